The minimum atomic E-state index is -0.427. The molecule has 0 unspecified atom stereocenters. The number of non-ortho nitro benzene ring substituents is 1. The quantitative estimate of drug-likeness (QED) is 0.556. The van der Waals surface area contributed by atoms with Gasteiger partial charge in [-0.05, 0) is 19.0 Å². The molecule has 0 saturated carbocycles. The fourth-order valence-electron chi connectivity index (χ4n) is 1.46. The number of carbonyl (C=O) groups is 1. The molecule has 1 rings (SSSR count). The Balaban J connectivity index is 2.31. The van der Waals surface area contributed by atoms with E-state index in [1.165, 1.54) is 12.1 Å². The maximum Gasteiger partial charge on any atom is 0.269 e. The maximum absolute atomic E-state index is 11.3. The summed E-state index contributed by atoms with van der Waals surface area (Å²) >= 11 is 0. The third-order valence-corrected chi connectivity index (χ3v) is 2.49. The summed E-state index contributed by atoms with van der Waals surface area (Å²) in [6.45, 7) is 1.20. The lowest BCUT2D eigenvalue weighted by Crippen LogP contribution is -2.28. The number of hydrogen-bond donors (Lipinski definition) is 2. The largest absolute Gasteiger partial charge is 0.356 e. The lowest BCUT2D eigenvalue weighted by atomic mass is 10.1. The summed E-state index contributed by atoms with van der Waals surface area (Å²) in [5.41, 5.74) is 1.05. The minimum Gasteiger partial charge on any atom is -0.356 e. The Labute approximate surface area is 106 Å². The van der Waals surface area contributed by atoms with Crippen LogP contribution in [0.3, 0.4) is 0 Å². The van der Waals surface area contributed by atoms with Gasteiger partial charge in [0, 0.05) is 31.6 Å². The second-order valence-electron chi connectivity index (χ2n) is 3.88. The van der Waals surface area contributed by atoms with Crippen molar-refractivity contribution in [1.82, 2.24) is 10.6 Å². The monoisotopic (exact) mass is 251 g/mol. The minimum absolute atomic E-state index is 0.00580. The molecule has 0 aliphatic heterocycles. The van der Waals surface area contributed by atoms with Crippen LogP contribution in [0.5, 0.6) is 0 Å². The molecule has 0 aliphatic carbocycles. The fraction of sp³-hybridized carbons (Fsp3) is 0.417. The summed E-state index contributed by atoms with van der Waals surface area (Å²) in [6.07, 6.45) is 1.13. The SMILES string of the molecule is CNCCC(=O)NCCc1ccc([N+](=O)[O-])cc1. The highest BCUT2D eigenvalue weighted by Gasteiger charge is 2.04. The molecule has 0 fully saturated rings. The van der Waals surface area contributed by atoms with Crippen LogP contribution in [-0.4, -0.2) is 31.0 Å². The van der Waals surface area contributed by atoms with Crippen LogP contribution in [0.1, 0.15) is 12.0 Å². The summed E-state index contributed by atoms with van der Waals surface area (Å²) in [5.74, 6) is 0.00580. The van der Waals surface area contributed by atoms with Gasteiger partial charge in [-0.2, -0.15) is 0 Å². The molecule has 0 bridgehead atoms. The number of nitro benzene ring substituents is 1. The first-order valence-corrected chi connectivity index (χ1v) is 5.78. The zero-order valence-corrected chi connectivity index (χ0v) is 10.3. The van der Waals surface area contributed by atoms with Gasteiger partial charge in [-0.25, -0.2) is 0 Å². The molecule has 6 heteroatoms. The summed E-state index contributed by atoms with van der Waals surface area (Å²) in [4.78, 5) is 21.3. The maximum atomic E-state index is 11.3. The molecule has 98 valence electrons. The highest BCUT2D eigenvalue weighted by atomic mass is 16.6. The third kappa shape index (κ3) is 4.92. The third-order valence-electron chi connectivity index (χ3n) is 2.49. The van der Waals surface area contributed by atoms with Crippen molar-refractivity contribution in [2.75, 3.05) is 20.1 Å². The van der Waals surface area contributed by atoms with Gasteiger partial charge in [0.2, 0.25) is 5.91 Å². The van der Waals surface area contributed by atoms with E-state index < -0.39 is 4.92 Å². The van der Waals surface area contributed by atoms with Crippen LogP contribution in [0.2, 0.25) is 0 Å². The van der Waals surface area contributed by atoms with Crippen LogP contribution in [0.4, 0.5) is 5.69 Å². The Kier molecular flexibility index (Phi) is 5.79. The Morgan fingerprint density at radius 1 is 1.28 bits per heavy atom. The van der Waals surface area contributed by atoms with Gasteiger partial charge in [-0.1, -0.05) is 12.1 Å². The zero-order valence-electron chi connectivity index (χ0n) is 10.3. The Morgan fingerprint density at radius 3 is 2.50 bits per heavy atom. The Hall–Kier alpha value is -1.95. The van der Waals surface area contributed by atoms with Gasteiger partial charge in [0.05, 0.1) is 4.92 Å². The first-order valence-electron chi connectivity index (χ1n) is 5.78. The number of hydrogen-bond acceptors (Lipinski definition) is 4. The molecule has 18 heavy (non-hydrogen) atoms. The van der Waals surface area contributed by atoms with E-state index in [2.05, 4.69) is 10.6 Å². The van der Waals surface area contributed by atoms with Crippen molar-refractivity contribution in [2.45, 2.75) is 12.8 Å². The smallest absolute Gasteiger partial charge is 0.269 e. The van der Waals surface area contributed by atoms with Crippen molar-refractivity contribution in [3.05, 3.63) is 39.9 Å². The molecule has 0 spiro atoms. The van der Waals surface area contributed by atoms with E-state index in [0.717, 1.165) is 5.56 Å². The van der Waals surface area contributed by atoms with Gasteiger partial charge >= 0.3 is 0 Å². The van der Waals surface area contributed by atoms with Crippen molar-refractivity contribution in [2.24, 2.45) is 0 Å². The molecule has 0 atom stereocenters. The molecule has 0 radical (unpaired) electrons. The number of carbonyl (C=O) groups excluding carboxylic acids is 1. The number of amides is 1. The van der Waals surface area contributed by atoms with Crippen molar-refractivity contribution < 1.29 is 9.72 Å². The Morgan fingerprint density at radius 2 is 1.94 bits per heavy atom. The van der Waals surface area contributed by atoms with Gasteiger partial charge in [-0.15, -0.1) is 0 Å². The van der Waals surface area contributed by atoms with Crippen molar-refractivity contribution in [3.8, 4) is 0 Å². The molecule has 1 aromatic carbocycles. The van der Waals surface area contributed by atoms with Crippen molar-refractivity contribution in [1.29, 1.82) is 0 Å². The predicted molar refractivity (Wildman–Crippen MR) is 68.4 cm³/mol. The lowest BCUT2D eigenvalue weighted by Gasteiger charge is -2.05. The molecular weight excluding hydrogens is 234 g/mol. The van der Waals surface area contributed by atoms with Crippen LogP contribution in [0, 0.1) is 10.1 Å². The molecule has 1 aromatic rings. The van der Waals surface area contributed by atoms with Gasteiger partial charge in [0.25, 0.3) is 5.69 Å². The van der Waals surface area contributed by atoms with E-state index in [0.29, 0.717) is 25.9 Å². The van der Waals surface area contributed by atoms with Gasteiger partial charge in [0.15, 0.2) is 0 Å². The van der Waals surface area contributed by atoms with Crippen LogP contribution in [-0.2, 0) is 11.2 Å². The first kappa shape index (κ1) is 14.1. The predicted octanol–water partition coefficient (Wildman–Crippen LogP) is 0.863. The molecule has 6 nitrogen and oxygen atoms in total. The topological polar surface area (TPSA) is 84.3 Å². The second kappa shape index (κ2) is 7.39. The van der Waals surface area contributed by atoms with Crippen molar-refractivity contribution in [3.63, 3.8) is 0 Å². The number of benzene rings is 1. The standard InChI is InChI=1S/C12H17N3O3/c1-13-8-7-12(16)14-9-6-10-2-4-11(5-3-10)15(17)18/h2-5,13H,6-9H2,1H3,(H,14,16). The summed E-state index contributed by atoms with van der Waals surface area (Å²) < 4.78 is 0. The number of rotatable bonds is 7. The number of nitrogens with zero attached hydrogens (tertiary/aromatic N) is 1. The van der Waals surface area contributed by atoms with Crippen molar-refractivity contribution >= 4 is 11.6 Å². The molecule has 0 saturated heterocycles. The van der Waals surface area contributed by atoms with Crippen LogP contribution in [0.25, 0.3) is 0 Å². The zero-order chi connectivity index (χ0) is 13.4. The molecular formula is C12H17N3O3. The molecule has 0 heterocycles. The molecule has 0 aromatic heterocycles. The molecule has 2 N–H and O–H groups in total. The second-order valence-corrected chi connectivity index (χ2v) is 3.88. The van der Waals surface area contributed by atoms with E-state index >= 15 is 0 Å². The van der Waals surface area contributed by atoms with E-state index in [9.17, 15) is 14.9 Å². The number of nitrogens with one attached hydrogen (secondary N) is 2. The first-order chi connectivity index (χ1) is 8.63. The van der Waals surface area contributed by atoms with E-state index in [1.54, 1.807) is 19.2 Å². The van der Waals surface area contributed by atoms with Crippen LogP contribution >= 0.6 is 0 Å². The van der Waals surface area contributed by atoms with E-state index in [-0.39, 0.29) is 11.6 Å². The summed E-state index contributed by atoms with van der Waals surface area (Å²) in [7, 11) is 1.80. The summed E-state index contributed by atoms with van der Waals surface area (Å²) in [6, 6.07) is 6.35. The van der Waals surface area contributed by atoms with Crippen LogP contribution < -0.4 is 10.6 Å². The van der Waals surface area contributed by atoms with Gasteiger partial charge < -0.3 is 10.6 Å². The lowest BCUT2D eigenvalue weighted by molar-refractivity contribution is -0.384. The molecule has 0 aliphatic rings. The highest BCUT2D eigenvalue weighted by molar-refractivity contribution is 5.76. The summed E-state index contributed by atoms with van der Waals surface area (Å²) in [5, 5.41) is 16.1. The average molecular weight is 251 g/mol. The molecule has 1 amide bonds. The van der Waals surface area contributed by atoms with Crippen LogP contribution in [0.15, 0.2) is 24.3 Å². The number of nitro groups is 1. The van der Waals surface area contributed by atoms with Gasteiger partial charge in [0.1, 0.15) is 0 Å². The van der Waals surface area contributed by atoms with E-state index in [1.807, 2.05) is 0 Å². The van der Waals surface area contributed by atoms with Gasteiger partial charge in [-0.3, -0.25) is 14.9 Å². The van der Waals surface area contributed by atoms with E-state index in [4.69, 9.17) is 0 Å². The average Bonchev–Trinajstić information content (AvgIpc) is 2.37. The normalized spacial score (nSPS) is 10.1. The highest BCUT2D eigenvalue weighted by Crippen LogP contribution is 2.11. The Bertz CT molecular complexity index is 404. The fourth-order valence-corrected chi connectivity index (χ4v) is 1.46.